The Morgan fingerprint density at radius 1 is 1.35 bits per heavy atom. The highest BCUT2D eigenvalue weighted by Crippen LogP contribution is 2.19. The lowest BCUT2D eigenvalue weighted by Gasteiger charge is -2.09. The minimum absolute atomic E-state index is 0.539. The van der Waals surface area contributed by atoms with Crippen LogP contribution >= 0.6 is 11.8 Å². The van der Waals surface area contributed by atoms with Crippen molar-refractivity contribution < 1.29 is 0 Å². The van der Waals surface area contributed by atoms with Gasteiger partial charge in [-0.3, -0.25) is 0 Å². The van der Waals surface area contributed by atoms with E-state index in [1.54, 1.807) is 0 Å². The molecule has 1 aromatic carbocycles. The van der Waals surface area contributed by atoms with E-state index in [-0.39, 0.29) is 0 Å². The molecule has 0 aliphatic carbocycles. The fourth-order valence-corrected chi connectivity index (χ4v) is 2.39. The van der Waals surface area contributed by atoms with E-state index in [0.717, 1.165) is 12.3 Å². The van der Waals surface area contributed by atoms with Gasteiger partial charge in [0, 0.05) is 23.2 Å². The molecule has 1 nitrogen and oxygen atoms in total. The number of hydrogen-bond acceptors (Lipinski definition) is 2. The Balaban J connectivity index is 2.50. The minimum atomic E-state index is 0.539. The van der Waals surface area contributed by atoms with Crippen LogP contribution in [0.15, 0.2) is 40.8 Å². The lowest BCUT2D eigenvalue weighted by atomic mass is 10.2. The predicted octanol–water partition coefficient (Wildman–Crippen LogP) is 4.24. The molecule has 0 saturated carbocycles. The van der Waals surface area contributed by atoms with Gasteiger partial charge in [0.1, 0.15) is 0 Å². The molecule has 17 heavy (non-hydrogen) atoms. The van der Waals surface area contributed by atoms with Gasteiger partial charge < -0.3 is 5.32 Å². The SMILES string of the molecule is CC(C)=CCSc1cccc(CNC(C)C)c1. The average Bonchev–Trinajstić information content (AvgIpc) is 2.26. The summed E-state index contributed by atoms with van der Waals surface area (Å²) in [5.74, 6) is 1.06. The zero-order chi connectivity index (χ0) is 12.7. The maximum Gasteiger partial charge on any atom is 0.0208 e. The molecular formula is C15H23NS. The summed E-state index contributed by atoms with van der Waals surface area (Å²) in [4.78, 5) is 1.35. The van der Waals surface area contributed by atoms with Gasteiger partial charge in [-0.25, -0.2) is 0 Å². The molecule has 0 aliphatic rings. The summed E-state index contributed by atoms with van der Waals surface area (Å²) in [5, 5.41) is 3.44. The van der Waals surface area contributed by atoms with Crippen molar-refractivity contribution in [2.45, 2.75) is 45.2 Å². The smallest absolute Gasteiger partial charge is 0.0208 e. The van der Waals surface area contributed by atoms with E-state index < -0.39 is 0 Å². The molecule has 0 bridgehead atoms. The molecule has 1 N–H and O–H groups in total. The Labute approximate surface area is 110 Å². The lowest BCUT2D eigenvalue weighted by Crippen LogP contribution is -2.21. The predicted molar refractivity (Wildman–Crippen MR) is 78.6 cm³/mol. The van der Waals surface area contributed by atoms with Crippen molar-refractivity contribution in [1.29, 1.82) is 0 Å². The van der Waals surface area contributed by atoms with Gasteiger partial charge in [-0.05, 0) is 31.5 Å². The van der Waals surface area contributed by atoms with Gasteiger partial charge in [0.15, 0.2) is 0 Å². The zero-order valence-corrected chi connectivity index (χ0v) is 12.1. The van der Waals surface area contributed by atoms with Crippen molar-refractivity contribution in [3.8, 4) is 0 Å². The van der Waals surface area contributed by atoms with Crippen LogP contribution in [0.3, 0.4) is 0 Å². The molecule has 0 saturated heterocycles. The van der Waals surface area contributed by atoms with Crippen LogP contribution in [0.2, 0.25) is 0 Å². The van der Waals surface area contributed by atoms with Gasteiger partial charge in [0.25, 0.3) is 0 Å². The summed E-state index contributed by atoms with van der Waals surface area (Å²) < 4.78 is 0. The fraction of sp³-hybridized carbons (Fsp3) is 0.467. The standard InChI is InChI=1S/C15H23NS/c1-12(2)8-9-17-15-7-5-6-14(10-15)11-16-13(3)4/h5-8,10,13,16H,9,11H2,1-4H3. The average molecular weight is 249 g/mol. The van der Waals surface area contributed by atoms with E-state index in [1.165, 1.54) is 16.0 Å². The van der Waals surface area contributed by atoms with Crippen LogP contribution in [0.25, 0.3) is 0 Å². The Morgan fingerprint density at radius 2 is 2.12 bits per heavy atom. The molecule has 2 heteroatoms. The topological polar surface area (TPSA) is 12.0 Å². The van der Waals surface area contributed by atoms with E-state index in [4.69, 9.17) is 0 Å². The van der Waals surface area contributed by atoms with Gasteiger partial charge >= 0.3 is 0 Å². The second kappa shape index (κ2) is 7.57. The minimum Gasteiger partial charge on any atom is -0.310 e. The van der Waals surface area contributed by atoms with Crippen molar-refractivity contribution in [2.24, 2.45) is 0 Å². The Morgan fingerprint density at radius 3 is 2.76 bits per heavy atom. The highest BCUT2D eigenvalue weighted by Gasteiger charge is 1.97. The quantitative estimate of drug-likeness (QED) is 0.598. The number of rotatable bonds is 6. The molecule has 0 aromatic heterocycles. The van der Waals surface area contributed by atoms with Crippen LogP contribution in [0.5, 0.6) is 0 Å². The third-order valence-corrected chi connectivity index (χ3v) is 3.28. The van der Waals surface area contributed by atoms with Crippen molar-refractivity contribution in [3.63, 3.8) is 0 Å². The molecule has 0 unspecified atom stereocenters. The van der Waals surface area contributed by atoms with Gasteiger partial charge in [-0.2, -0.15) is 0 Å². The first-order chi connectivity index (χ1) is 8.08. The van der Waals surface area contributed by atoms with Crippen LogP contribution in [-0.4, -0.2) is 11.8 Å². The van der Waals surface area contributed by atoms with Gasteiger partial charge in [0.2, 0.25) is 0 Å². The molecule has 0 heterocycles. The summed E-state index contributed by atoms with van der Waals surface area (Å²) in [6, 6.07) is 9.32. The molecule has 94 valence electrons. The maximum absolute atomic E-state index is 3.44. The van der Waals surface area contributed by atoms with Crippen molar-refractivity contribution >= 4 is 11.8 Å². The van der Waals surface area contributed by atoms with Crippen molar-refractivity contribution in [1.82, 2.24) is 5.32 Å². The summed E-state index contributed by atoms with van der Waals surface area (Å²) in [6.45, 7) is 9.59. The highest BCUT2D eigenvalue weighted by molar-refractivity contribution is 7.99. The molecule has 0 spiro atoms. The van der Waals surface area contributed by atoms with Crippen molar-refractivity contribution in [3.05, 3.63) is 41.5 Å². The number of allylic oxidation sites excluding steroid dienone is 1. The second-order valence-corrected chi connectivity index (χ2v) is 5.87. The Bertz CT molecular complexity index is 365. The molecule has 0 radical (unpaired) electrons. The van der Waals surface area contributed by atoms with Gasteiger partial charge in [0.05, 0.1) is 0 Å². The molecule has 0 atom stereocenters. The molecule has 0 fully saturated rings. The number of benzene rings is 1. The first-order valence-electron chi connectivity index (χ1n) is 6.16. The molecule has 1 aromatic rings. The molecule has 0 amide bonds. The van der Waals surface area contributed by atoms with E-state index in [1.807, 2.05) is 11.8 Å². The molecular weight excluding hydrogens is 226 g/mol. The van der Waals surface area contributed by atoms with Crippen LogP contribution in [0.1, 0.15) is 33.3 Å². The monoisotopic (exact) mass is 249 g/mol. The van der Waals surface area contributed by atoms with E-state index in [2.05, 4.69) is 63.4 Å². The van der Waals surface area contributed by atoms with Crippen LogP contribution in [-0.2, 0) is 6.54 Å². The first kappa shape index (κ1) is 14.3. The van der Waals surface area contributed by atoms with Crippen LogP contribution in [0, 0.1) is 0 Å². The maximum atomic E-state index is 3.44. The summed E-state index contributed by atoms with van der Waals surface area (Å²) in [5.41, 5.74) is 2.75. The molecule has 0 aliphatic heterocycles. The number of hydrogen-bond donors (Lipinski definition) is 1. The number of nitrogens with one attached hydrogen (secondary N) is 1. The third kappa shape index (κ3) is 6.54. The summed E-state index contributed by atoms with van der Waals surface area (Å²) in [7, 11) is 0. The summed E-state index contributed by atoms with van der Waals surface area (Å²) in [6.07, 6.45) is 2.27. The number of thioether (sulfide) groups is 1. The van der Waals surface area contributed by atoms with Crippen molar-refractivity contribution in [2.75, 3.05) is 5.75 Å². The highest BCUT2D eigenvalue weighted by atomic mass is 32.2. The van der Waals surface area contributed by atoms with E-state index in [9.17, 15) is 0 Å². The summed E-state index contributed by atoms with van der Waals surface area (Å²) >= 11 is 1.89. The van der Waals surface area contributed by atoms with Gasteiger partial charge in [-0.1, -0.05) is 37.6 Å². The second-order valence-electron chi connectivity index (χ2n) is 4.78. The van der Waals surface area contributed by atoms with Crippen LogP contribution in [0.4, 0.5) is 0 Å². The fourth-order valence-electron chi connectivity index (χ4n) is 1.37. The zero-order valence-electron chi connectivity index (χ0n) is 11.3. The Kier molecular flexibility index (Phi) is 6.38. The van der Waals surface area contributed by atoms with Crippen LogP contribution < -0.4 is 5.32 Å². The largest absolute Gasteiger partial charge is 0.310 e. The van der Waals surface area contributed by atoms with E-state index >= 15 is 0 Å². The lowest BCUT2D eigenvalue weighted by molar-refractivity contribution is 0.588. The molecule has 1 rings (SSSR count). The Hall–Kier alpha value is -0.730. The van der Waals surface area contributed by atoms with Gasteiger partial charge in [-0.15, -0.1) is 11.8 Å². The first-order valence-corrected chi connectivity index (χ1v) is 7.15. The van der Waals surface area contributed by atoms with E-state index in [0.29, 0.717) is 6.04 Å². The normalized spacial score (nSPS) is 10.6. The third-order valence-electron chi connectivity index (χ3n) is 2.35.